The number of hydrogen-bond donors (Lipinski definition) is 2. The molecule has 116 valence electrons. The number of sulfone groups is 1. The van der Waals surface area contributed by atoms with Gasteiger partial charge >= 0.3 is 6.18 Å². The van der Waals surface area contributed by atoms with Crippen LogP contribution in [0.1, 0.15) is 19.3 Å². The van der Waals surface area contributed by atoms with Crippen molar-refractivity contribution in [3.8, 4) is 0 Å². The summed E-state index contributed by atoms with van der Waals surface area (Å²) in [7, 11) is -3.13. The molecule has 20 heavy (non-hydrogen) atoms. The highest BCUT2D eigenvalue weighted by molar-refractivity contribution is 7.91. The number of rotatable bonds is 2. The van der Waals surface area contributed by atoms with Crippen LogP contribution < -0.4 is 10.6 Å². The maximum atomic E-state index is 12.4. The van der Waals surface area contributed by atoms with Crippen molar-refractivity contribution in [2.45, 2.75) is 37.5 Å². The van der Waals surface area contributed by atoms with Gasteiger partial charge in [0.25, 0.3) is 0 Å². The van der Waals surface area contributed by atoms with Gasteiger partial charge in [0.1, 0.15) is 6.04 Å². The van der Waals surface area contributed by atoms with Crippen LogP contribution in [-0.4, -0.2) is 50.6 Å². The van der Waals surface area contributed by atoms with Crippen molar-refractivity contribution in [3.63, 3.8) is 0 Å². The first-order valence-electron chi connectivity index (χ1n) is 6.48. The smallest absolute Gasteiger partial charge is 0.352 e. The molecule has 1 amide bonds. The second-order valence-electron chi connectivity index (χ2n) is 5.39. The Morgan fingerprint density at radius 1 is 1.20 bits per heavy atom. The Labute approximate surface area is 115 Å². The first-order chi connectivity index (χ1) is 9.17. The molecule has 0 saturated carbocycles. The third kappa shape index (κ3) is 3.85. The summed E-state index contributed by atoms with van der Waals surface area (Å²) in [4.78, 5) is 11.9. The lowest BCUT2D eigenvalue weighted by Crippen LogP contribution is -2.54. The predicted molar refractivity (Wildman–Crippen MR) is 65.8 cm³/mol. The van der Waals surface area contributed by atoms with Crippen LogP contribution in [0, 0.1) is 5.92 Å². The maximum absolute atomic E-state index is 12.4. The number of piperidine rings is 1. The van der Waals surface area contributed by atoms with Crippen molar-refractivity contribution >= 4 is 15.7 Å². The Morgan fingerprint density at radius 2 is 1.90 bits per heavy atom. The van der Waals surface area contributed by atoms with Gasteiger partial charge in [0.2, 0.25) is 5.91 Å². The standard InChI is InChI=1S/C11H17F3N2O3S/c12-11(13,14)9-2-1-8(5-15-9)16-10(17)7-3-4-20(18,19)6-7/h7-9,15H,1-6H2,(H,16,17). The Bertz CT molecular complexity index is 470. The molecule has 9 heteroatoms. The van der Waals surface area contributed by atoms with E-state index in [-0.39, 0.29) is 42.8 Å². The van der Waals surface area contributed by atoms with E-state index < -0.39 is 28.0 Å². The van der Waals surface area contributed by atoms with Crippen molar-refractivity contribution in [3.05, 3.63) is 0 Å². The molecule has 2 aliphatic rings. The van der Waals surface area contributed by atoms with E-state index in [1.165, 1.54) is 0 Å². The summed E-state index contributed by atoms with van der Waals surface area (Å²) in [6.07, 6.45) is -3.83. The van der Waals surface area contributed by atoms with Crippen LogP contribution in [0.25, 0.3) is 0 Å². The highest BCUT2D eigenvalue weighted by atomic mass is 32.2. The zero-order valence-corrected chi connectivity index (χ0v) is 11.6. The van der Waals surface area contributed by atoms with E-state index in [1.807, 2.05) is 0 Å². The monoisotopic (exact) mass is 314 g/mol. The van der Waals surface area contributed by atoms with Crippen molar-refractivity contribution in [2.75, 3.05) is 18.1 Å². The molecule has 0 aromatic carbocycles. The predicted octanol–water partition coefficient (Wildman–Crippen LogP) is 0.220. The maximum Gasteiger partial charge on any atom is 0.403 e. The van der Waals surface area contributed by atoms with Gasteiger partial charge in [-0.1, -0.05) is 0 Å². The molecule has 2 heterocycles. The number of amides is 1. The molecule has 3 atom stereocenters. The minimum Gasteiger partial charge on any atom is -0.352 e. The van der Waals surface area contributed by atoms with Gasteiger partial charge in [-0.3, -0.25) is 4.79 Å². The van der Waals surface area contributed by atoms with Gasteiger partial charge in [0, 0.05) is 12.6 Å². The molecular formula is C11H17F3N2O3S. The van der Waals surface area contributed by atoms with Crippen LogP contribution in [-0.2, 0) is 14.6 Å². The highest BCUT2D eigenvalue weighted by Gasteiger charge is 2.42. The molecule has 3 unspecified atom stereocenters. The summed E-state index contributed by atoms with van der Waals surface area (Å²) in [5.41, 5.74) is 0. The van der Waals surface area contributed by atoms with Crippen LogP contribution >= 0.6 is 0 Å². The zero-order valence-electron chi connectivity index (χ0n) is 10.7. The summed E-state index contributed by atoms with van der Waals surface area (Å²) < 4.78 is 59.9. The fourth-order valence-corrected chi connectivity index (χ4v) is 4.32. The second-order valence-corrected chi connectivity index (χ2v) is 7.61. The third-order valence-electron chi connectivity index (χ3n) is 3.76. The lowest BCUT2D eigenvalue weighted by molar-refractivity contribution is -0.161. The molecule has 2 saturated heterocycles. The SMILES string of the molecule is O=C(NC1CCC(C(F)(F)F)NC1)C1CCS(=O)(=O)C1. The topological polar surface area (TPSA) is 75.3 Å². The lowest BCUT2D eigenvalue weighted by Gasteiger charge is -2.32. The summed E-state index contributed by atoms with van der Waals surface area (Å²) in [5.74, 6) is -1.10. The number of halogens is 3. The van der Waals surface area contributed by atoms with E-state index in [4.69, 9.17) is 0 Å². The van der Waals surface area contributed by atoms with Crippen molar-refractivity contribution in [2.24, 2.45) is 5.92 Å². The molecule has 2 N–H and O–H groups in total. The van der Waals surface area contributed by atoms with E-state index >= 15 is 0 Å². The molecule has 2 fully saturated rings. The molecule has 0 radical (unpaired) electrons. The molecule has 0 aromatic rings. The minimum atomic E-state index is -4.27. The van der Waals surface area contributed by atoms with Crippen LogP contribution in [0.2, 0.25) is 0 Å². The summed E-state index contributed by atoms with van der Waals surface area (Å²) in [5, 5.41) is 5.00. The fourth-order valence-electron chi connectivity index (χ4n) is 2.58. The normalized spacial score (nSPS) is 33.9. The van der Waals surface area contributed by atoms with Crippen LogP contribution in [0.15, 0.2) is 0 Å². The molecule has 2 rings (SSSR count). The van der Waals surface area contributed by atoms with E-state index in [9.17, 15) is 26.4 Å². The van der Waals surface area contributed by atoms with Gasteiger partial charge < -0.3 is 10.6 Å². The average molecular weight is 314 g/mol. The molecule has 0 spiro atoms. The first kappa shape index (κ1) is 15.6. The highest BCUT2D eigenvalue weighted by Crippen LogP contribution is 2.26. The van der Waals surface area contributed by atoms with Crippen LogP contribution in [0.5, 0.6) is 0 Å². The van der Waals surface area contributed by atoms with Crippen LogP contribution in [0.3, 0.4) is 0 Å². The fraction of sp³-hybridized carbons (Fsp3) is 0.909. The Balaban J connectivity index is 1.80. The Hall–Kier alpha value is -0.830. The minimum absolute atomic E-state index is 0.00412. The molecular weight excluding hydrogens is 297 g/mol. The van der Waals surface area contributed by atoms with E-state index in [0.29, 0.717) is 6.42 Å². The van der Waals surface area contributed by atoms with Crippen molar-refractivity contribution in [1.29, 1.82) is 0 Å². The lowest BCUT2D eigenvalue weighted by atomic mass is 9.99. The summed E-state index contributed by atoms with van der Waals surface area (Å²) >= 11 is 0. The number of carbonyl (C=O) groups is 1. The second kappa shape index (κ2) is 5.51. The summed E-state index contributed by atoms with van der Waals surface area (Å²) in [6.45, 7) is 0.0510. The van der Waals surface area contributed by atoms with Crippen molar-refractivity contribution < 1.29 is 26.4 Å². The molecule has 2 aliphatic heterocycles. The average Bonchev–Trinajstić information content (AvgIpc) is 2.69. The molecule has 0 bridgehead atoms. The molecule has 0 aromatic heterocycles. The Kier molecular flexibility index (Phi) is 4.29. The van der Waals surface area contributed by atoms with Crippen LogP contribution in [0.4, 0.5) is 13.2 Å². The zero-order chi connectivity index (χ0) is 15.0. The quantitative estimate of drug-likeness (QED) is 0.765. The van der Waals surface area contributed by atoms with Crippen molar-refractivity contribution in [1.82, 2.24) is 10.6 Å². The van der Waals surface area contributed by atoms with Gasteiger partial charge in [-0.2, -0.15) is 13.2 Å². The summed E-state index contributed by atoms with van der Waals surface area (Å²) in [6, 6.07) is -1.90. The van der Waals surface area contributed by atoms with Gasteiger partial charge in [-0.05, 0) is 19.3 Å². The molecule has 0 aliphatic carbocycles. The Morgan fingerprint density at radius 3 is 2.35 bits per heavy atom. The van der Waals surface area contributed by atoms with Gasteiger partial charge in [-0.15, -0.1) is 0 Å². The largest absolute Gasteiger partial charge is 0.403 e. The first-order valence-corrected chi connectivity index (χ1v) is 8.30. The number of hydrogen-bond acceptors (Lipinski definition) is 4. The third-order valence-corrected chi connectivity index (χ3v) is 5.53. The van der Waals surface area contributed by atoms with E-state index in [0.717, 1.165) is 0 Å². The number of alkyl halides is 3. The number of carbonyl (C=O) groups excluding carboxylic acids is 1. The van der Waals surface area contributed by atoms with E-state index in [1.54, 1.807) is 0 Å². The van der Waals surface area contributed by atoms with Gasteiger partial charge in [0.15, 0.2) is 9.84 Å². The van der Waals surface area contributed by atoms with Gasteiger partial charge in [-0.25, -0.2) is 8.42 Å². The van der Waals surface area contributed by atoms with Gasteiger partial charge in [0.05, 0.1) is 17.4 Å². The van der Waals surface area contributed by atoms with E-state index in [2.05, 4.69) is 10.6 Å². The number of nitrogens with one attached hydrogen (secondary N) is 2. The molecule has 5 nitrogen and oxygen atoms in total.